The van der Waals surface area contributed by atoms with E-state index in [4.69, 9.17) is 5.11 Å². The predicted molar refractivity (Wildman–Crippen MR) is 64.5 cm³/mol. The van der Waals surface area contributed by atoms with E-state index in [1.807, 2.05) is 12.1 Å². The van der Waals surface area contributed by atoms with E-state index >= 15 is 0 Å². The summed E-state index contributed by atoms with van der Waals surface area (Å²) in [4.78, 5) is 6.27. The summed E-state index contributed by atoms with van der Waals surface area (Å²) in [5, 5.41) is 18.3. The van der Waals surface area contributed by atoms with Gasteiger partial charge >= 0.3 is 0 Å². The van der Waals surface area contributed by atoms with E-state index in [1.54, 1.807) is 13.1 Å². The van der Waals surface area contributed by atoms with E-state index in [0.717, 1.165) is 18.7 Å². The Morgan fingerprint density at radius 2 is 2.12 bits per heavy atom. The molecule has 0 saturated carbocycles. The predicted octanol–water partition coefficient (Wildman–Crippen LogP) is 1.34. The highest BCUT2D eigenvalue weighted by molar-refractivity contribution is 5.44. The Morgan fingerprint density at radius 3 is 2.56 bits per heavy atom. The van der Waals surface area contributed by atoms with E-state index in [2.05, 4.69) is 16.8 Å². The molecule has 1 aromatic heterocycles. The third-order valence-electron chi connectivity index (χ3n) is 2.43. The fourth-order valence-electron chi connectivity index (χ4n) is 1.59. The minimum atomic E-state index is -0.536. The van der Waals surface area contributed by atoms with Gasteiger partial charge < -0.3 is 15.1 Å². The average Bonchev–Trinajstić information content (AvgIpc) is 2.29. The van der Waals surface area contributed by atoms with Gasteiger partial charge in [0.2, 0.25) is 0 Å². The Labute approximate surface area is 96.6 Å². The molecule has 4 nitrogen and oxygen atoms in total. The van der Waals surface area contributed by atoms with Crippen molar-refractivity contribution in [2.24, 2.45) is 0 Å². The van der Waals surface area contributed by atoms with E-state index in [9.17, 15) is 5.11 Å². The summed E-state index contributed by atoms with van der Waals surface area (Å²) in [5.74, 6) is 0. The van der Waals surface area contributed by atoms with Gasteiger partial charge in [-0.1, -0.05) is 6.92 Å². The largest absolute Gasteiger partial charge is 0.395 e. The van der Waals surface area contributed by atoms with Crippen molar-refractivity contribution in [2.75, 3.05) is 24.6 Å². The highest BCUT2D eigenvalue weighted by Gasteiger charge is 2.07. The molecule has 0 aromatic carbocycles. The summed E-state index contributed by atoms with van der Waals surface area (Å²) in [5.41, 5.74) is 1.66. The lowest BCUT2D eigenvalue weighted by Crippen LogP contribution is -2.27. The highest BCUT2D eigenvalue weighted by atomic mass is 16.3. The lowest BCUT2D eigenvalue weighted by Gasteiger charge is -2.23. The zero-order chi connectivity index (χ0) is 12.0. The third kappa shape index (κ3) is 3.47. The number of aromatic nitrogens is 1. The van der Waals surface area contributed by atoms with Gasteiger partial charge in [0.1, 0.15) is 0 Å². The second-order valence-electron chi connectivity index (χ2n) is 3.83. The fourth-order valence-corrected chi connectivity index (χ4v) is 1.59. The molecule has 1 atom stereocenters. The highest BCUT2D eigenvalue weighted by Crippen LogP contribution is 2.16. The van der Waals surface area contributed by atoms with Crippen LogP contribution in [-0.4, -0.2) is 34.9 Å². The molecule has 1 unspecified atom stereocenters. The SMILES string of the molecule is CCCN(CCO)c1ccc(C(C)O)nc1. The first-order valence-corrected chi connectivity index (χ1v) is 5.68. The second kappa shape index (κ2) is 6.45. The molecular formula is C12H20N2O2. The van der Waals surface area contributed by atoms with E-state index in [1.165, 1.54) is 0 Å². The van der Waals surface area contributed by atoms with Gasteiger partial charge in [0.05, 0.1) is 30.3 Å². The molecular weight excluding hydrogens is 204 g/mol. The molecule has 16 heavy (non-hydrogen) atoms. The first-order chi connectivity index (χ1) is 7.69. The third-order valence-corrected chi connectivity index (χ3v) is 2.43. The Balaban J connectivity index is 2.76. The van der Waals surface area contributed by atoms with Crippen LogP contribution in [0, 0.1) is 0 Å². The molecule has 2 N–H and O–H groups in total. The molecule has 1 rings (SSSR count). The van der Waals surface area contributed by atoms with Crippen molar-refractivity contribution in [1.29, 1.82) is 0 Å². The van der Waals surface area contributed by atoms with E-state index < -0.39 is 6.10 Å². The molecule has 1 heterocycles. The van der Waals surface area contributed by atoms with E-state index in [-0.39, 0.29) is 6.61 Å². The summed E-state index contributed by atoms with van der Waals surface area (Å²) >= 11 is 0. The minimum Gasteiger partial charge on any atom is -0.395 e. The maximum Gasteiger partial charge on any atom is 0.0931 e. The first-order valence-electron chi connectivity index (χ1n) is 5.68. The van der Waals surface area contributed by atoms with Gasteiger partial charge in [-0.3, -0.25) is 4.98 Å². The number of aliphatic hydroxyl groups excluding tert-OH is 2. The van der Waals surface area contributed by atoms with Crippen LogP contribution in [0.3, 0.4) is 0 Å². The number of hydrogen-bond donors (Lipinski definition) is 2. The normalized spacial score (nSPS) is 12.5. The van der Waals surface area contributed by atoms with Crippen molar-refractivity contribution in [3.05, 3.63) is 24.0 Å². The maximum atomic E-state index is 9.34. The molecule has 0 bridgehead atoms. The van der Waals surface area contributed by atoms with Crippen LogP contribution in [0.5, 0.6) is 0 Å². The number of nitrogens with zero attached hydrogens (tertiary/aromatic N) is 2. The standard InChI is InChI=1S/C12H20N2O2/c1-3-6-14(7-8-15)11-4-5-12(10(2)16)13-9-11/h4-5,9-10,15-16H,3,6-8H2,1-2H3. The van der Waals surface area contributed by atoms with Crippen LogP contribution in [0.15, 0.2) is 18.3 Å². The average molecular weight is 224 g/mol. The number of rotatable bonds is 6. The van der Waals surface area contributed by atoms with Gasteiger partial charge in [-0.2, -0.15) is 0 Å². The van der Waals surface area contributed by atoms with Crippen molar-refractivity contribution >= 4 is 5.69 Å². The van der Waals surface area contributed by atoms with Crippen molar-refractivity contribution in [2.45, 2.75) is 26.4 Å². The maximum absolute atomic E-state index is 9.34. The first kappa shape index (κ1) is 12.9. The summed E-state index contributed by atoms with van der Waals surface area (Å²) in [7, 11) is 0. The van der Waals surface area contributed by atoms with Crippen LogP contribution < -0.4 is 4.90 Å². The molecule has 0 radical (unpaired) electrons. The zero-order valence-electron chi connectivity index (χ0n) is 9.93. The van der Waals surface area contributed by atoms with Crippen LogP contribution in [0.25, 0.3) is 0 Å². The zero-order valence-corrected chi connectivity index (χ0v) is 9.93. The molecule has 0 aliphatic heterocycles. The minimum absolute atomic E-state index is 0.137. The molecule has 4 heteroatoms. The smallest absolute Gasteiger partial charge is 0.0931 e. The van der Waals surface area contributed by atoms with Gasteiger partial charge in [0.15, 0.2) is 0 Å². The van der Waals surface area contributed by atoms with Crippen LogP contribution in [-0.2, 0) is 0 Å². The Bertz CT molecular complexity index is 292. The van der Waals surface area contributed by atoms with Crippen molar-refractivity contribution < 1.29 is 10.2 Å². The molecule has 0 amide bonds. The second-order valence-corrected chi connectivity index (χ2v) is 3.83. The monoisotopic (exact) mass is 224 g/mol. The molecule has 90 valence electrons. The summed E-state index contributed by atoms with van der Waals surface area (Å²) < 4.78 is 0. The molecule has 0 saturated heterocycles. The van der Waals surface area contributed by atoms with Crippen molar-refractivity contribution in [1.82, 2.24) is 4.98 Å². The number of hydrogen-bond acceptors (Lipinski definition) is 4. The lowest BCUT2D eigenvalue weighted by atomic mass is 10.2. The van der Waals surface area contributed by atoms with E-state index in [0.29, 0.717) is 12.2 Å². The van der Waals surface area contributed by atoms with Crippen LogP contribution in [0.1, 0.15) is 32.1 Å². The van der Waals surface area contributed by atoms with Crippen LogP contribution >= 0.6 is 0 Å². The Morgan fingerprint density at radius 1 is 1.38 bits per heavy atom. The van der Waals surface area contributed by atoms with Gasteiger partial charge in [-0.05, 0) is 25.5 Å². The van der Waals surface area contributed by atoms with Gasteiger partial charge in [0.25, 0.3) is 0 Å². The van der Waals surface area contributed by atoms with Crippen molar-refractivity contribution in [3.8, 4) is 0 Å². The van der Waals surface area contributed by atoms with Crippen LogP contribution in [0.2, 0.25) is 0 Å². The molecule has 0 spiro atoms. The number of anilines is 1. The molecule has 0 aliphatic carbocycles. The van der Waals surface area contributed by atoms with Gasteiger partial charge in [-0.15, -0.1) is 0 Å². The topological polar surface area (TPSA) is 56.6 Å². The van der Waals surface area contributed by atoms with Gasteiger partial charge in [-0.25, -0.2) is 0 Å². The molecule has 1 aromatic rings. The summed E-state index contributed by atoms with van der Waals surface area (Å²) in [6.45, 7) is 5.44. The number of aliphatic hydroxyl groups is 2. The Hall–Kier alpha value is -1.13. The summed E-state index contributed by atoms with van der Waals surface area (Å²) in [6, 6.07) is 3.75. The fraction of sp³-hybridized carbons (Fsp3) is 0.583. The number of pyridine rings is 1. The lowest BCUT2D eigenvalue weighted by molar-refractivity contribution is 0.194. The molecule has 0 fully saturated rings. The quantitative estimate of drug-likeness (QED) is 0.765. The van der Waals surface area contributed by atoms with Crippen molar-refractivity contribution in [3.63, 3.8) is 0 Å². The van der Waals surface area contributed by atoms with Crippen LogP contribution in [0.4, 0.5) is 5.69 Å². The Kier molecular flexibility index (Phi) is 5.22. The molecule has 0 aliphatic rings. The summed E-state index contributed by atoms with van der Waals surface area (Å²) in [6.07, 6.45) is 2.23. The van der Waals surface area contributed by atoms with Gasteiger partial charge in [0, 0.05) is 13.1 Å².